The van der Waals surface area contributed by atoms with Crippen LogP contribution in [0.25, 0.3) is 0 Å². The van der Waals surface area contributed by atoms with Gasteiger partial charge in [0.1, 0.15) is 0 Å². The van der Waals surface area contributed by atoms with Crippen LogP contribution in [0, 0.1) is 5.92 Å². The van der Waals surface area contributed by atoms with Gasteiger partial charge in [-0.3, -0.25) is 9.69 Å². The zero-order chi connectivity index (χ0) is 22.7. The highest BCUT2D eigenvalue weighted by Gasteiger charge is 2.43. The van der Waals surface area contributed by atoms with Crippen LogP contribution in [0.1, 0.15) is 61.0 Å². The summed E-state index contributed by atoms with van der Waals surface area (Å²) in [4.78, 5) is 15.6. The van der Waals surface area contributed by atoms with Crippen LogP contribution in [0.5, 0.6) is 0 Å². The molecule has 1 amide bonds. The molecular weight excluding hydrogens is 412 g/mol. The Morgan fingerprint density at radius 3 is 2.00 bits per heavy atom. The lowest BCUT2D eigenvalue weighted by Gasteiger charge is -2.29. The van der Waals surface area contributed by atoms with E-state index in [4.69, 9.17) is 12.2 Å². The summed E-state index contributed by atoms with van der Waals surface area (Å²) in [5.41, 5.74) is 4.50. The lowest BCUT2D eigenvalue weighted by molar-refractivity contribution is -0.129. The van der Waals surface area contributed by atoms with Crippen LogP contribution in [0.3, 0.4) is 0 Å². The monoisotopic (exact) mass is 442 g/mol. The first-order chi connectivity index (χ1) is 15.5. The number of carbonyl (C=O) groups is 1. The van der Waals surface area contributed by atoms with E-state index in [0.29, 0.717) is 11.0 Å². The number of carbonyl (C=O) groups excluding carboxylic acids is 1. The second-order valence-electron chi connectivity index (χ2n) is 8.96. The van der Waals surface area contributed by atoms with Crippen molar-refractivity contribution in [3.05, 3.63) is 107 Å². The third-order valence-corrected chi connectivity index (χ3v) is 6.44. The van der Waals surface area contributed by atoms with Crippen molar-refractivity contribution in [2.24, 2.45) is 5.92 Å². The fourth-order valence-electron chi connectivity index (χ4n) is 4.48. The summed E-state index contributed by atoms with van der Waals surface area (Å²) in [6, 6.07) is 28.5. The van der Waals surface area contributed by atoms with Crippen LogP contribution in [0.2, 0.25) is 0 Å². The maximum absolute atomic E-state index is 13.8. The van der Waals surface area contributed by atoms with Crippen molar-refractivity contribution in [2.75, 3.05) is 0 Å². The summed E-state index contributed by atoms with van der Waals surface area (Å²) in [5.74, 6) is 0.337. The highest BCUT2D eigenvalue weighted by atomic mass is 32.1. The first kappa shape index (κ1) is 22.2. The van der Waals surface area contributed by atoms with Gasteiger partial charge < -0.3 is 5.32 Å². The molecule has 0 saturated carbocycles. The van der Waals surface area contributed by atoms with Gasteiger partial charge in [0.05, 0.1) is 18.0 Å². The zero-order valence-electron chi connectivity index (χ0n) is 18.9. The predicted molar refractivity (Wildman–Crippen MR) is 134 cm³/mol. The van der Waals surface area contributed by atoms with Gasteiger partial charge in [0.15, 0.2) is 5.11 Å². The van der Waals surface area contributed by atoms with E-state index >= 15 is 0 Å². The predicted octanol–water partition coefficient (Wildman–Crippen LogP) is 6.19. The number of thiocarbonyl (C=S) groups is 1. The molecule has 164 valence electrons. The molecule has 1 aliphatic heterocycles. The average molecular weight is 443 g/mol. The molecular formula is C28H30N2OS. The number of nitrogens with zero attached hydrogens (tertiary/aromatic N) is 1. The minimum Gasteiger partial charge on any atom is -0.353 e. The van der Waals surface area contributed by atoms with E-state index in [1.807, 2.05) is 43.3 Å². The maximum Gasteiger partial charge on any atom is 0.236 e. The maximum atomic E-state index is 13.8. The third kappa shape index (κ3) is 4.61. The van der Waals surface area contributed by atoms with E-state index in [2.05, 4.69) is 67.7 Å². The van der Waals surface area contributed by atoms with Gasteiger partial charge in [-0.15, -0.1) is 0 Å². The summed E-state index contributed by atoms with van der Waals surface area (Å²) < 4.78 is 0. The summed E-state index contributed by atoms with van der Waals surface area (Å²) in [6.07, 6.45) is 1.04. The molecule has 0 unspecified atom stereocenters. The van der Waals surface area contributed by atoms with Crippen molar-refractivity contribution in [3.8, 4) is 0 Å². The van der Waals surface area contributed by atoms with Gasteiger partial charge >= 0.3 is 0 Å². The molecule has 0 radical (unpaired) electrons. The van der Waals surface area contributed by atoms with E-state index in [1.54, 1.807) is 4.90 Å². The lowest BCUT2D eigenvalue weighted by Crippen LogP contribution is -2.38. The number of nitrogens with one attached hydrogen (secondary N) is 1. The molecule has 1 heterocycles. The Hall–Kier alpha value is -2.98. The quantitative estimate of drug-likeness (QED) is 0.462. The Morgan fingerprint density at radius 2 is 1.44 bits per heavy atom. The van der Waals surface area contributed by atoms with Crippen molar-refractivity contribution < 1.29 is 4.79 Å². The van der Waals surface area contributed by atoms with Gasteiger partial charge in [0, 0.05) is 0 Å². The summed E-state index contributed by atoms with van der Waals surface area (Å²) >= 11 is 5.70. The van der Waals surface area contributed by atoms with Gasteiger partial charge in [0.25, 0.3) is 0 Å². The zero-order valence-corrected chi connectivity index (χ0v) is 19.7. The molecule has 1 aliphatic rings. The first-order valence-corrected chi connectivity index (χ1v) is 11.7. The molecule has 3 nitrogen and oxygen atoms in total. The molecule has 1 fully saturated rings. The minimum atomic E-state index is -0.288. The molecule has 0 aromatic heterocycles. The van der Waals surface area contributed by atoms with E-state index in [0.717, 1.165) is 23.1 Å². The van der Waals surface area contributed by atoms with Crippen LogP contribution in [-0.4, -0.2) is 15.9 Å². The van der Waals surface area contributed by atoms with Gasteiger partial charge in [-0.05, 0) is 53.7 Å². The molecule has 32 heavy (non-hydrogen) atoms. The van der Waals surface area contributed by atoms with Crippen molar-refractivity contribution in [3.63, 3.8) is 0 Å². The second-order valence-corrected chi connectivity index (χ2v) is 9.35. The number of amides is 1. The minimum absolute atomic E-state index is 0.0198. The Balaban J connectivity index is 1.65. The fraction of sp³-hybridized carbons (Fsp3) is 0.286. The van der Waals surface area contributed by atoms with Crippen molar-refractivity contribution in [1.82, 2.24) is 10.2 Å². The summed E-state index contributed by atoms with van der Waals surface area (Å²) in [6.45, 7) is 6.41. The molecule has 1 N–H and O–H groups in total. The molecule has 3 aromatic rings. The van der Waals surface area contributed by atoms with Gasteiger partial charge in [0.2, 0.25) is 5.91 Å². The molecule has 3 aromatic carbocycles. The summed E-state index contributed by atoms with van der Waals surface area (Å²) in [7, 11) is 0. The first-order valence-electron chi connectivity index (χ1n) is 11.3. The van der Waals surface area contributed by atoms with Crippen molar-refractivity contribution >= 4 is 23.2 Å². The normalized spacial score (nSPS) is 19.1. The van der Waals surface area contributed by atoms with E-state index in [1.165, 1.54) is 5.56 Å². The number of hydrogen-bond donors (Lipinski definition) is 1. The lowest BCUT2D eigenvalue weighted by atomic mass is 9.92. The highest BCUT2D eigenvalue weighted by Crippen LogP contribution is 2.40. The second kappa shape index (κ2) is 9.66. The molecule has 1 saturated heterocycles. The molecule has 4 rings (SSSR count). The van der Waals surface area contributed by atoms with Crippen LogP contribution in [0.15, 0.2) is 84.9 Å². The third-order valence-electron chi connectivity index (χ3n) is 6.12. The Bertz CT molecular complexity index is 1060. The van der Waals surface area contributed by atoms with E-state index < -0.39 is 0 Å². The topological polar surface area (TPSA) is 32.3 Å². The SMILES string of the molecule is CC(C)Cc1ccc([C@@H](C)C(=O)N2C(=S)N[C@@H](c3ccccc3)[C@@H]2c2ccccc2)cc1. The highest BCUT2D eigenvalue weighted by molar-refractivity contribution is 7.80. The van der Waals surface area contributed by atoms with Gasteiger partial charge in [-0.2, -0.15) is 0 Å². The number of rotatable bonds is 6. The van der Waals surface area contributed by atoms with Gasteiger partial charge in [-0.25, -0.2) is 0 Å². The summed E-state index contributed by atoms with van der Waals surface area (Å²) in [5, 5.41) is 3.91. The Labute approximate surface area is 196 Å². The standard InChI is InChI=1S/C28H30N2OS/c1-19(2)18-21-14-16-22(17-15-21)20(3)27(31)30-26(24-12-8-5-9-13-24)25(29-28(30)32)23-10-6-4-7-11-23/h4-17,19-20,25-26H,18H2,1-3H3,(H,29,32)/t20-,25+,26+/m1/s1. The molecule has 0 spiro atoms. The van der Waals surface area contributed by atoms with Crippen molar-refractivity contribution in [1.29, 1.82) is 0 Å². The molecule has 0 bridgehead atoms. The Morgan fingerprint density at radius 1 is 0.875 bits per heavy atom. The van der Waals surface area contributed by atoms with Crippen LogP contribution < -0.4 is 5.32 Å². The average Bonchev–Trinajstić information content (AvgIpc) is 3.16. The number of benzene rings is 3. The largest absolute Gasteiger partial charge is 0.353 e. The van der Waals surface area contributed by atoms with E-state index in [-0.39, 0.29) is 23.9 Å². The molecule has 3 atom stereocenters. The van der Waals surface area contributed by atoms with Crippen molar-refractivity contribution in [2.45, 2.75) is 45.2 Å². The number of hydrogen-bond acceptors (Lipinski definition) is 2. The van der Waals surface area contributed by atoms with E-state index in [9.17, 15) is 4.79 Å². The van der Waals surface area contributed by atoms with Crippen LogP contribution in [-0.2, 0) is 11.2 Å². The Kier molecular flexibility index (Phi) is 6.71. The van der Waals surface area contributed by atoms with Gasteiger partial charge in [-0.1, -0.05) is 98.8 Å². The fourth-order valence-corrected chi connectivity index (χ4v) is 4.81. The molecule has 4 heteroatoms. The van der Waals surface area contributed by atoms with Crippen LogP contribution >= 0.6 is 12.2 Å². The smallest absolute Gasteiger partial charge is 0.236 e. The molecule has 0 aliphatic carbocycles. The van der Waals surface area contributed by atoms with Crippen LogP contribution in [0.4, 0.5) is 0 Å².